The van der Waals surface area contributed by atoms with Crippen molar-refractivity contribution in [2.45, 2.75) is 18.7 Å². The van der Waals surface area contributed by atoms with Crippen molar-refractivity contribution in [3.05, 3.63) is 99.3 Å². The van der Waals surface area contributed by atoms with Crippen LogP contribution in [0.2, 0.25) is 5.02 Å². The highest BCUT2D eigenvalue weighted by molar-refractivity contribution is 8.04. The lowest BCUT2D eigenvalue weighted by atomic mass is 10.1. The first kappa shape index (κ1) is 21.2. The largest absolute Gasteiger partial charge is 0.350 e. The summed E-state index contributed by atoms with van der Waals surface area (Å²) in [5.74, 6) is -1.26. The van der Waals surface area contributed by atoms with Crippen molar-refractivity contribution in [2.24, 2.45) is 0 Å². The van der Waals surface area contributed by atoms with Gasteiger partial charge in [0.25, 0.3) is 11.8 Å². The van der Waals surface area contributed by atoms with Gasteiger partial charge in [0.05, 0.1) is 5.69 Å². The van der Waals surface area contributed by atoms with E-state index in [2.05, 4.69) is 5.32 Å². The number of halogens is 2. The third kappa shape index (κ3) is 4.22. The average molecular weight is 453 g/mol. The molecule has 4 rings (SSSR count). The lowest BCUT2D eigenvalue weighted by Crippen LogP contribution is -2.33. The fraction of sp³-hybridized carbons (Fsp3) is 0.0833. The molecule has 0 saturated heterocycles. The second-order valence-corrected chi connectivity index (χ2v) is 8.58. The van der Waals surface area contributed by atoms with Crippen LogP contribution in [-0.4, -0.2) is 11.8 Å². The molecule has 7 heteroatoms. The Hall–Kier alpha value is -3.09. The first-order valence-electron chi connectivity index (χ1n) is 9.50. The monoisotopic (exact) mass is 452 g/mol. The molecule has 0 spiro atoms. The number of hydrogen-bond donors (Lipinski definition) is 1. The Bertz CT molecular complexity index is 1140. The summed E-state index contributed by atoms with van der Waals surface area (Å²) in [7, 11) is 0. The first-order chi connectivity index (χ1) is 14.8. The molecule has 0 aromatic heterocycles. The van der Waals surface area contributed by atoms with E-state index in [0.29, 0.717) is 16.4 Å². The Labute approximate surface area is 188 Å². The van der Waals surface area contributed by atoms with E-state index >= 15 is 0 Å². The maximum absolute atomic E-state index is 13.4. The molecule has 0 aliphatic carbocycles. The van der Waals surface area contributed by atoms with Gasteiger partial charge in [0.2, 0.25) is 0 Å². The van der Waals surface area contributed by atoms with Crippen LogP contribution in [0.1, 0.15) is 11.1 Å². The molecule has 2 amide bonds. The summed E-state index contributed by atoms with van der Waals surface area (Å²) in [6.45, 7) is 3.81. The van der Waals surface area contributed by atoms with Crippen LogP contribution in [0.25, 0.3) is 0 Å². The van der Waals surface area contributed by atoms with Gasteiger partial charge in [-0.25, -0.2) is 9.29 Å². The summed E-state index contributed by atoms with van der Waals surface area (Å²) >= 11 is 7.15. The highest BCUT2D eigenvalue weighted by Crippen LogP contribution is 2.39. The smallest absolute Gasteiger partial charge is 0.283 e. The zero-order chi connectivity index (χ0) is 22.1. The van der Waals surface area contributed by atoms with Crippen molar-refractivity contribution in [3.8, 4) is 0 Å². The fourth-order valence-electron chi connectivity index (χ4n) is 3.21. The molecular formula is C24H18ClFN2O2S. The number of thioether (sulfide) groups is 1. The van der Waals surface area contributed by atoms with E-state index in [9.17, 15) is 14.0 Å². The zero-order valence-electron chi connectivity index (χ0n) is 16.8. The normalized spacial score (nSPS) is 13.9. The Morgan fingerprint density at radius 3 is 2.26 bits per heavy atom. The molecule has 1 aliphatic rings. The molecule has 1 heterocycles. The molecule has 31 heavy (non-hydrogen) atoms. The van der Waals surface area contributed by atoms with Crippen LogP contribution >= 0.6 is 23.4 Å². The minimum Gasteiger partial charge on any atom is -0.350 e. The molecular weight excluding hydrogens is 435 g/mol. The Balaban J connectivity index is 1.77. The summed E-state index contributed by atoms with van der Waals surface area (Å²) < 4.78 is 13.3. The van der Waals surface area contributed by atoms with Crippen molar-refractivity contribution < 1.29 is 14.0 Å². The molecule has 3 aromatic carbocycles. The third-order valence-electron chi connectivity index (χ3n) is 5.01. The molecule has 4 nitrogen and oxygen atoms in total. The highest BCUT2D eigenvalue weighted by atomic mass is 35.5. The molecule has 0 radical (unpaired) electrons. The molecule has 0 unspecified atom stereocenters. The van der Waals surface area contributed by atoms with Crippen LogP contribution in [0.15, 0.2) is 82.2 Å². The maximum Gasteiger partial charge on any atom is 0.283 e. The number of carbonyl (C=O) groups excluding carboxylic acids is 2. The van der Waals surface area contributed by atoms with Crippen LogP contribution in [0, 0.1) is 19.7 Å². The number of benzene rings is 3. The topological polar surface area (TPSA) is 49.4 Å². The highest BCUT2D eigenvalue weighted by Gasteiger charge is 2.40. The van der Waals surface area contributed by atoms with Crippen LogP contribution < -0.4 is 10.2 Å². The van der Waals surface area contributed by atoms with Gasteiger partial charge in [-0.05, 0) is 79.6 Å². The lowest BCUT2D eigenvalue weighted by Gasteiger charge is -2.19. The SMILES string of the molecule is Cc1cccc(N2C(=O)C(Nc3ccc(F)cc3)=C(Sc3ccc(Cl)cc3)C2=O)c1C. The van der Waals surface area contributed by atoms with Crippen LogP contribution in [-0.2, 0) is 9.59 Å². The summed E-state index contributed by atoms with van der Waals surface area (Å²) in [5, 5.41) is 3.60. The van der Waals surface area contributed by atoms with Gasteiger partial charge >= 0.3 is 0 Å². The number of nitrogens with one attached hydrogen (secondary N) is 1. The van der Waals surface area contributed by atoms with Gasteiger partial charge in [0.1, 0.15) is 16.4 Å². The molecule has 1 aliphatic heterocycles. The molecule has 0 fully saturated rings. The summed E-state index contributed by atoms with van der Waals surface area (Å²) in [5.41, 5.74) is 3.03. The van der Waals surface area contributed by atoms with E-state index in [4.69, 9.17) is 11.6 Å². The van der Waals surface area contributed by atoms with Gasteiger partial charge in [0, 0.05) is 15.6 Å². The van der Waals surface area contributed by atoms with E-state index in [0.717, 1.165) is 16.0 Å². The number of hydrogen-bond acceptors (Lipinski definition) is 4. The first-order valence-corrected chi connectivity index (χ1v) is 10.7. The number of carbonyl (C=O) groups is 2. The number of imide groups is 1. The standard InChI is InChI=1S/C24H18ClFN2O2S/c1-14-4-3-5-20(15(14)2)28-23(29)21(27-18-10-8-17(26)9-11-18)22(24(28)30)31-19-12-6-16(25)7-13-19/h3-13,27H,1-2H3. The van der Waals surface area contributed by atoms with E-state index < -0.39 is 11.8 Å². The predicted octanol–water partition coefficient (Wildman–Crippen LogP) is 6.09. The fourth-order valence-corrected chi connectivity index (χ4v) is 4.26. The van der Waals surface area contributed by atoms with E-state index in [1.54, 1.807) is 30.3 Å². The Morgan fingerprint density at radius 2 is 1.58 bits per heavy atom. The number of amides is 2. The summed E-state index contributed by atoms with van der Waals surface area (Å²) in [6.07, 6.45) is 0. The lowest BCUT2D eigenvalue weighted by molar-refractivity contribution is -0.120. The second-order valence-electron chi connectivity index (χ2n) is 7.06. The zero-order valence-corrected chi connectivity index (χ0v) is 18.4. The van der Waals surface area contributed by atoms with Crippen LogP contribution in [0.5, 0.6) is 0 Å². The summed E-state index contributed by atoms with van der Waals surface area (Å²) in [4.78, 5) is 29.0. The molecule has 156 valence electrons. The van der Waals surface area contributed by atoms with Gasteiger partial charge in [-0.1, -0.05) is 35.5 Å². The van der Waals surface area contributed by atoms with Crippen molar-refractivity contribution >= 4 is 46.6 Å². The van der Waals surface area contributed by atoms with Gasteiger partial charge in [-0.3, -0.25) is 9.59 Å². The minimum absolute atomic E-state index is 0.150. The molecule has 3 aromatic rings. The number of anilines is 2. The molecule has 0 saturated carbocycles. The average Bonchev–Trinajstić information content (AvgIpc) is 2.97. The Morgan fingerprint density at radius 1 is 0.903 bits per heavy atom. The minimum atomic E-state index is -0.459. The van der Waals surface area contributed by atoms with Gasteiger partial charge in [0.15, 0.2) is 0 Å². The van der Waals surface area contributed by atoms with Crippen molar-refractivity contribution in [1.29, 1.82) is 0 Å². The van der Waals surface area contributed by atoms with Crippen LogP contribution in [0.3, 0.4) is 0 Å². The maximum atomic E-state index is 13.4. The molecule has 0 atom stereocenters. The van der Waals surface area contributed by atoms with E-state index in [1.165, 1.54) is 40.9 Å². The van der Waals surface area contributed by atoms with Crippen molar-refractivity contribution in [2.75, 3.05) is 10.2 Å². The van der Waals surface area contributed by atoms with E-state index in [1.807, 2.05) is 26.0 Å². The predicted molar refractivity (Wildman–Crippen MR) is 123 cm³/mol. The quantitative estimate of drug-likeness (QED) is 0.476. The van der Waals surface area contributed by atoms with Crippen molar-refractivity contribution in [3.63, 3.8) is 0 Å². The van der Waals surface area contributed by atoms with Crippen LogP contribution in [0.4, 0.5) is 15.8 Å². The number of rotatable bonds is 5. The number of aryl methyl sites for hydroxylation is 1. The van der Waals surface area contributed by atoms with Gasteiger partial charge in [-0.2, -0.15) is 0 Å². The molecule has 1 N–H and O–H groups in total. The second kappa shape index (κ2) is 8.57. The van der Waals surface area contributed by atoms with Gasteiger partial charge in [-0.15, -0.1) is 0 Å². The van der Waals surface area contributed by atoms with Gasteiger partial charge < -0.3 is 5.32 Å². The Kier molecular flexibility index (Phi) is 5.85. The summed E-state index contributed by atoms with van der Waals surface area (Å²) in [6, 6.07) is 18.1. The molecule has 0 bridgehead atoms. The third-order valence-corrected chi connectivity index (χ3v) is 6.35. The van der Waals surface area contributed by atoms with E-state index in [-0.39, 0.29) is 16.4 Å². The number of nitrogens with zero attached hydrogens (tertiary/aromatic N) is 1. The van der Waals surface area contributed by atoms with Crippen molar-refractivity contribution in [1.82, 2.24) is 0 Å².